The van der Waals surface area contributed by atoms with Gasteiger partial charge in [-0.2, -0.15) is 4.31 Å². The maximum Gasteiger partial charge on any atom is 0.259 e. The molecule has 2 aromatic carbocycles. The van der Waals surface area contributed by atoms with Gasteiger partial charge in [-0.3, -0.25) is 4.79 Å². The zero-order valence-corrected chi connectivity index (χ0v) is 16.9. The minimum absolute atomic E-state index is 0.0834. The number of phenols is 1. The maximum atomic E-state index is 12.8. The summed E-state index contributed by atoms with van der Waals surface area (Å²) in [6.45, 7) is 1.07. The van der Waals surface area contributed by atoms with Gasteiger partial charge in [0.05, 0.1) is 43.6 Å². The molecule has 2 N–H and O–H groups in total. The van der Waals surface area contributed by atoms with E-state index in [0.717, 1.165) is 6.07 Å². The third-order valence-corrected chi connectivity index (χ3v) is 6.37. The normalized spacial score (nSPS) is 15.0. The molecule has 0 unspecified atom stereocenters. The standard InChI is InChI=1S/C19H22N2O7S/c1-26-13-3-6-18(27-2)16(11-13)20-19(23)15-12-14(4-5-17(15)22)29(24,25)21-7-9-28-10-8-21/h3-6,11-12,22H,7-10H2,1-2H3,(H,20,23). The summed E-state index contributed by atoms with van der Waals surface area (Å²) in [6.07, 6.45) is 0. The molecule has 0 saturated carbocycles. The number of nitrogens with zero attached hydrogens (tertiary/aromatic N) is 1. The number of hydrogen-bond donors (Lipinski definition) is 2. The van der Waals surface area contributed by atoms with Crippen LogP contribution in [-0.2, 0) is 14.8 Å². The van der Waals surface area contributed by atoms with Crippen molar-refractivity contribution in [2.24, 2.45) is 0 Å². The molecule has 2 aromatic rings. The van der Waals surface area contributed by atoms with Crippen LogP contribution in [0.3, 0.4) is 0 Å². The van der Waals surface area contributed by atoms with E-state index in [9.17, 15) is 18.3 Å². The van der Waals surface area contributed by atoms with Crippen LogP contribution in [0.2, 0.25) is 0 Å². The van der Waals surface area contributed by atoms with Crippen LogP contribution in [0.15, 0.2) is 41.3 Å². The van der Waals surface area contributed by atoms with E-state index in [-0.39, 0.29) is 29.3 Å². The molecule has 1 fully saturated rings. The van der Waals surface area contributed by atoms with Gasteiger partial charge in [-0.15, -0.1) is 0 Å². The fourth-order valence-corrected chi connectivity index (χ4v) is 4.33. The Morgan fingerprint density at radius 1 is 1.10 bits per heavy atom. The average molecular weight is 422 g/mol. The van der Waals surface area contributed by atoms with Crippen molar-refractivity contribution in [2.75, 3.05) is 45.8 Å². The molecule has 1 amide bonds. The number of anilines is 1. The highest BCUT2D eigenvalue weighted by molar-refractivity contribution is 7.89. The Hall–Kier alpha value is -2.82. The van der Waals surface area contributed by atoms with Crippen LogP contribution >= 0.6 is 0 Å². The minimum Gasteiger partial charge on any atom is -0.507 e. The number of ether oxygens (including phenoxy) is 3. The Morgan fingerprint density at radius 3 is 2.48 bits per heavy atom. The van der Waals surface area contributed by atoms with E-state index in [1.807, 2.05) is 0 Å². The molecular formula is C19H22N2O7S. The molecule has 0 radical (unpaired) electrons. The molecule has 29 heavy (non-hydrogen) atoms. The molecule has 3 rings (SSSR count). The molecule has 0 atom stereocenters. The van der Waals surface area contributed by atoms with Gasteiger partial charge in [-0.05, 0) is 30.3 Å². The van der Waals surface area contributed by atoms with E-state index in [0.29, 0.717) is 30.4 Å². The number of phenolic OH excluding ortho intramolecular Hbond substituents is 1. The second-order valence-corrected chi connectivity index (χ2v) is 8.15. The monoisotopic (exact) mass is 422 g/mol. The number of benzene rings is 2. The SMILES string of the molecule is COc1ccc(OC)c(NC(=O)c2cc(S(=O)(=O)N3CCOCC3)ccc2O)c1. The molecule has 10 heteroatoms. The molecule has 0 aliphatic carbocycles. The van der Waals surface area contributed by atoms with Gasteiger partial charge < -0.3 is 24.6 Å². The summed E-state index contributed by atoms with van der Waals surface area (Å²) in [6, 6.07) is 8.45. The molecule has 0 spiro atoms. The molecule has 9 nitrogen and oxygen atoms in total. The van der Waals surface area contributed by atoms with Crippen LogP contribution in [0.1, 0.15) is 10.4 Å². The highest BCUT2D eigenvalue weighted by Gasteiger charge is 2.28. The number of hydrogen-bond acceptors (Lipinski definition) is 7. The second-order valence-electron chi connectivity index (χ2n) is 6.22. The van der Waals surface area contributed by atoms with Crippen LogP contribution < -0.4 is 14.8 Å². The first-order valence-electron chi connectivity index (χ1n) is 8.81. The van der Waals surface area contributed by atoms with Gasteiger partial charge in [0.1, 0.15) is 17.2 Å². The van der Waals surface area contributed by atoms with Gasteiger partial charge in [0, 0.05) is 19.2 Å². The van der Waals surface area contributed by atoms with Crippen molar-refractivity contribution in [3.05, 3.63) is 42.0 Å². The van der Waals surface area contributed by atoms with E-state index < -0.39 is 15.9 Å². The third kappa shape index (κ3) is 4.44. The van der Waals surface area contributed by atoms with Gasteiger partial charge in [-0.25, -0.2) is 8.42 Å². The maximum absolute atomic E-state index is 12.8. The van der Waals surface area contributed by atoms with Crippen LogP contribution in [0.5, 0.6) is 17.2 Å². The highest BCUT2D eigenvalue weighted by Crippen LogP contribution is 2.31. The number of amides is 1. The summed E-state index contributed by atoms with van der Waals surface area (Å²) in [5.74, 6) is -0.150. The number of carbonyl (C=O) groups is 1. The largest absolute Gasteiger partial charge is 0.507 e. The Morgan fingerprint density at radius 2 is 1.83 bits per heavy atom. The van der Waals surface area contributed by atoms with E-state index in [1.54, 1.807) is 18.2 Å². The summed E-state index contributed by atoms with van der Waals surface area (Å²) in [5, 5.41) is 12.8. The average Bonchev–Trinajstić information content (AvgIpc) is 2.74. The van der Waals surface area contributed by atoms with Gasteiger partial charge in [0.15, 0.2) is 0 Å². The first-order chi connectivity index (χ1) is 13.9. The van der Waals surface area contributed by atoms with E-state index in [2.05, 4.69) is 5.32 Å². The Bertz CT molecular complexity index is 1000. The number of rotatable bonds is 6. The summed E-state index contributed by atoms with van der Waals surface area (Å²) in [4.78, 5) is 12.7. The quantitative estimate of drug-likeness (QED) is 0.728. The van der Waals surface area contributed by atoms with Crippen molar-refractivity contribution < 1.29 is 32.5 Å². The first-order valence-corrected chi connectivity index (χ1v) is 10.2. The Balaban J connectivity index is 1.91. The van der Waals surface area contributed by atoms with E-state index in [1.165, 1.54) is 30.7 Å². The van der Waals surface area contributed by atoms with Gasteiger partial charge in [0.2, 0.25) is 10.0 Å². The number of sulfonamides is 1. The first kappa shape index (κ1) is 20.9. The van der Waals surface area contributed by atoms with Crippen molar-refractivity contribution >= 4 is 21.6 Å². The van der Waals surface area contributed by atoms with Crippen LogP contribution in [0.25, 0.3) is 0 Å². The lowest BCUT2D eigenvalue weighted by molar-refractivity contribution is 0.0730. The van der Waals surface area contributed by atoms with Crippen molar-refractivity contribution in [1.29, 1.82) is 0 Å². The number of nitrogens with one attached hydrogen (secondary N) is 1. The van der Waals surface area contributed by atoms with E-state index in [4.69, 9.17) is 14.2 Å². The fourth-order valence-electron chi connectivity index (χ4n) is 2.89. The molecule has 1 heterocycles. The molecule has 156 valence electrons. The zero-order valence-electron chi connectivity index (χ0n) is 16.0. The fraction of sp³-hybridized carbons (Fsp3) is 0.316. The van der Waals surface area contributed by atoms with Gasteiger partial charge in [-0.1, -0.05) is 0 Å². The van der Waals surface area contributed by atoms with Crippen molar-refractivity contribution in [3.8, 4) is 17.2 Å². The third-order valence-electron chi connectivity index (χ3n) is 4.48. The minimum atomic E-state index is -3.81. The van der Waals surface area contributed by atoms with E-state index >= 15 is 0 Å². The summed E-state index contributed by atoms with van der Waals surface area (Å²) in [7, 11) is -0.879. The molecule has 0 bridgehead atoms. The van der Waals surface area contributed by atoms with Crippen molar-refractivity contribution in [3.63, 3.8) is 0 Å². The molecule has 0 aromatic heterocycles. The number of carbonyl (C=O) groups excluding carboxylic acids is 1. The van der Waals surface area contributed by atoms with Crippen LogP contribution in [0, 0.1) is 0 Å². The lowest BCUT2D eigenvalue weighted by atomic mass is 10.1. The number of aromatic hydroxyl groups is 1. The Kier molecular flexibility index (Phi) is 6.26. The van der Waals surface area contributed by atoms with Crippen molar-refractivity contribution in [1.82, 2.24) is 4.31 Å². The zero-order chi connectivity index (χ0) is 21.0. The number of methoxy groups -OCH3 is 2. The number of morpholine rings is 1. The predicted molar refractivity (Wildman–Crippen MR) is 105 cm³/mol. The van der Waals surface area contributed by atoms with Crippen LogP contribution in [-0.4, -0.2) is 64.3 Å². The van der Waals surface area contributed by atoms with Crippen molar-refractivity contribution in [2.45, 2.75) is 4.90 Å². The van der Waals surface area contributed by atoms with Gasteiger partial charge in [0.25, 0.3) is 5.91 Å². The molecular weight excluding hydrogens is 400 g/mol. The smallest absolute Gasteiger partial charge is 0.259 e. The molecule has 1 aliphatic rings. The lowest BCUT2D eigenvalue weighted by Crippen LogP contribution is -2.40. The topological polar surface area (TPSA) is 114 Å². The molecule has 1 aliphatic heterocycles. The second kappa shape index (κ2) is 8.68. The summed E-state index contributed by atoms with van der Waals surface area (Å²) in [5.41, 5.74) is 0.141. The Labute approximate surface area is 168 Å². The van der Waals surface area contributed by atoms with Crippen LogP contribution in [0.4, 0.5) is 5.69 Å². The van der Waals surface area contributed by atoms with Gasteiger partial charge >= 0.3 is 0 Å². The summed E-state index contributed by atoms with van der Waals surface area (Å²) >= 11 is 0. The summed E-state index contributed by atoms with van der Waals surface area (Å²) < 4.78 is 42.5. The molecule has 1 saturated heterocycles. The highest BCUT2D eigenvalue weighted by atomic mass is 32.2. The lowest BCUT2D eigenvalue weighted by Gasteiger charge is -2.26. The predicted octanol–water partition coefficient (Wildman–Crippen LogP) is 1.68.